The molecule has 9 heteroatoms. The van der Waals surface area contributed by atoms with Crippen molar-refractivity contribution in [2.45, 2.75) is 38.1 Å². The van der Waals surface area contributed by atoms with E-state index in [2.05, 4.69) is 15.5 Å². The number of aromatic nitrogens is 1. The second-order valence-corrected chi connectivity index (χ2v) is 8.25. The molecule has 2 N–H and O–H groups in total. The highest BCUT2D eigenvalue weighted by molar-refractivity contribution is 6.30. The average molecular weight is 449 g/mol. The van der Waals surface area contributed by atoms with Gasteiger partial charge in [0.15, 0.2) is 5.76 Å². The first-order chi connectivity index (χ1) is 15.0. The van der Waals surface area contributed by atoms with Crippen molar-refractivity contribution in [2.24, 2.45) is 5.92 Å². The highest BCUT2D eigenvalue weighted by Gasteiger charge is 2.32. The van der Waals surface area contributed by atoms with Crippen molar-refractivity contribution in [3.8, 4) is 11.3 Å². The fourth-order valence-electron chi connectivity index (χ4n) is 4.24. The van der Waals surface area contributed by atoms with Gasteiger partial charge in [-0.05, 0) is 75.5 Å². The smallest absolute Gasteiger partial charge is 0.422 e. The van der Waals surface area contributed by atoms with Crippen molar-refractivity contribution in [3.05, 3.63) is 41.0 Å². The second kappa shape index (κ2) is 11.3. The fraction of sp³-hybridized carbons (Fsp3) is 0.500. The summed E-state index contributed by atoms with van der Waals surface area (Å²) in [6.45, 7) is 2.74. The minimum absolute atomic E-state index is 0.169. The van der Waals surface area contributed by atoms with E-state index in [1.165, 1.54) is 0 Å². The van der Waals surface area contributed by atoms with Gasteiger partial charge < -0.3 is 19.3 Å². The van der Waals surface area contributed by atoms with Crippen LogP contribution in [-0.4, -0.2) is 65.3 Å². The molecule has 0 spiro atoms. The van der Waals surface area contributed by atoms with Crippen LogP contribution in [0.25, 0.3) is 11.3 Å². The summed E-state index contributed by atoms with van der Waals surface area (Å²) in [5, 5.41) is 15.4. The maximum atomic E-state index is 11.5. The standard InChI is InChI=1S/C22H29ClN4O4/c1-24-27(22(29)30)20(10-14-28)16-8-12-26(13-9-16)11-2-3-19-15-21(31-25-19)17-4-6-18(23)7-5-17/h4-7,14-16,20,24H,2-3,8-13H2,1H3,(H,29,30). The van der Waals surface area contributed by atoms with Gasteiger partial charge in [-0.2, -0.15) is 0 Å². The van der Waals surface area contributed by atoms with Gasteiger partial charge in [-0.1, -0.05) is 16.8 Å². The Kier molecular flexibility index (Phi) is 8.45. The zero-order chi connectivity index (χ0) is 22.2. The largest absolute Gasteiger partial charge is 0.464 e. The third-order valence-corrected chi connectivity index (χ3v) is 6.14. The Labute approximate surface area is 187 Å². The molecular weight excluding hydrogens is 420 g/mol. The fourth-order valence-corrected chi connectivity index (χ4v) is 4.36. The van der Waals surface area contributed by atoms with E-state index in [1.54, 1.807) is 7.05 Å². The summed E-state index contributed by atoms with van der Waals surface area (Å²) in [6.07, 6.45) is 3.50. The first-order valence-corrected chi connectivity index (χ1v) is 11.0. The number of hydrogen-bond acceptors (Lipinski definition) is 6. The van der Waals surface area contributed by atoms with Crippen molar-refractivity contribution < 1.29 is 19.2 Å². The number of likely N-dealkylation sites (tertiary alicyclic amines) is 1. The van der Waals surface area contributed by atoms with E-state index in [-0.39, 0.29) is 18.4 Å². The van der Waals surface area contributed by atoms with Crippen molar-refractivity contribution in [1.82, 2.24) is 20.5 Å². The molecule has 0 bridgehead atoms. The Morgan fingerprint density at radius 3 is 2.71 bits per heavy atom. The number of nitrogens with one attached hydrogen (secondary N) is 1. The molecule has 1 saturated heterocycles. The van der Waals surface area contributed by atoms with Gasteiger partial charge in [-0.3, -0.25) is 0 Å². The Morgan fingerprint density at radius 1 is 1.39 bits per heavy atom. The normalized spacial score (nSPS) is 16.2. The molecule has 0 radical (unpaired) electrons. The lowest BCUT2D eigenvalue weighted by atomic mass is 9.87. The Balaban J connectivity index is 1.44. The zero-order valence-corrected chi connectivity index (χ0v) is 18.4. The summed E-state index contributed by atoms with van der Waals surface area (Å²) in [5.41, 5.74) is 4.58. The average Bonchev–Trinajstić information content (AvgIpc) is 3.23. The van der Waals surface area contributed by atoms with E-state index in [1.807, 2.05) is 30.3 Å². The molecule has 1 atom stereocenters. The van der Waals surface area contributed by atoms with Crippen LogP contribution in [0.4, 0.5) is 4.79 Å². The number of carboxylic acid groups (broad SMARTS) is 1. The van der Waals surface area contributed by atoms with E-state index < -0.39 is 6.09 Å². The number of nitrogens with zero attached hydrogens (tertiary/aromatic N) is 3. The molecule has 8 nitrogen and oxygen atoms in total. The van der Waals surface area contributed by atoms with Crippen molar-refractivity contribution in [3.63, 3.8) is 0 Å². The van der Waals surface area contributed by atoms with Crippen LogP contribution in [0.5, 0.6) is 0 Å². The number of amides is 1. The van der Waals surface area contributed by atoms with Crippen molar-refractivity contribution in [1.29, 1.82) is 0 Å². The first-order valence-electron chi connectivity index (χ1n) is 10.6. The van der Waals surface area contributed by atoms with Gasteiger partial charge in [-0.25, -0.2) is 15.2 Å². The summed E-state index contributed by atoms with van der Waals surface area (Å²) in [6, 6.07) is 9.12. The molecule has 0 aliphatic carbocycles. The van der Waals surface area contributed by atoms with Crippen molar-refractivity contribution in [2.75, 3.05) is 26.7 Å². The van der Waals surface area contributed by atoms with Crippen LogP contribution in [0, 0.1) is 5.92 Å². The van der Waals surface area contributed by atoms with Crippen LogP contribution in [0.15, 0.2) is 34.9 Å². The SMILES string of the molecule is CNN(C(=O)O)C(CC=O)C1CCN(CCCc2cc(-c3ccc(Cl)cc3)on2)CC1. The number of halogens is 1. The lowest BCUT2D eigenvalue weighted by Gasteiger charge is -2.39. The number of piperidine rings is 1. The van der Waals surface area contributed by atoms with Crippen LogP contribution < -0.4 is 5.43 Å². The Morgan fingerprint density at radius 2 is 2.10 bits per heavy atom. The number of carbonyl (C=O) groups excluding carboxylic acids is 1. The predicted octanol–water partition coefficient (Wildman–Crippen LogP) is 3.71. The number of aryl methyl sites for hydroxylation is 1. The third kappa shape index (κ3) is 6.29. The molecule has 1 aromatic heterocycles. The lowest BCUT2D eigenvalue weighted by molar-refractivity contribution is -0.109. The highest BCUT2D eigenvalue weighted by Crippen LogP contribution is 2.26. The van der Waals surface area contributed by atoms with Gasteiger partial charge in [0, 0.05) is 30.1 Å². The minimum atomic E-state index is -1.05. The number of rotatable bonds is 10. The van der Waals surface area contributed by atoms with Gasteiger partial charge >= 0.3 is 6.09 Å². The topological polar surface area (TPSA) is 98.9 Å². The molecule has 1 aliphatic rings. The van der Waals surface area contributed by atoms with Gasteiger partial charge in [0.1, 0.15) is 6.29 Å². The summed E-state index contributed by atoms with van der Waals surface area (Å²) < 4.78 is 5.46. The highest BCUT2D eigenvalue weighted by atomic mass is 35.5. The Bertz CT molecular complexity index is 849. The van der Waals surface area contributed by atoms with Crippen LogP contribution in [0.1, 0.15) is 31.4 Å². The molecule has 1 unspecified atom stereocenters. The van der Waals surface area contributed by atoms with Gasteiger partial charge in [0.2, 0.25) is 0 Å². The van der Waals surface area contributed by atoms with E-state index in [4.69, 9.17) is 16.1 Å². The molecule has 1 amide bonds. The zero-order valence-electron chi connectivity index (χ0n) is 17.7. The molecule has 3 rings (SSSR count). The monoisotopic (exact) mass is 448 g/mol. The molecule has 1 aromatic carbocycles. The van der Waals surface area contributed by atoms with E-state index in [9.17, 15) is 14.7 Å². The summed E-state index contributed by atoms with van der Waals surface area (Å²) >= 11 is 5.93. The second-order valence-electron chi connectivity index (χ2n) is 7.82. The van der Waals surface area contributed by atoms with Crippen LogP contribution >= 0.6 is 11.6 Å². The van der Waals surface area contributed by atoms with Gasteiger partial charge in [0.25, 0.3) is 0 Å². The molecule has 0 saturated carbocycles. The molecule has 2 aromatic rings. The van der Waals surface area contributed by atoms with Gasteiger partial charge in [-0.15, -0.1) is 0 Å². The predicted molar refractivity (Wildman–Crippen MR) is 118 cm³/mol. The summed E-state index contributed by atoms with van der Waals surface area (Å²) in [5.74, 6) is 0.906. The maximum absolute atomic E-state index is 11.5. The number of benzene rings is 1. The maximum Gasteiger partial charge on any atom is 0.422 e. The first kappa shape index (κ1) is 23.2. The molecule has 168 valence electrons. The van der Waals surface area contributed by atoms with Crippen LogP contribution in [0.3, 0.4) is 0 Å². The van der Waals surface area contributed by atoms with Crippen molar-refractivity contribution >= 4 is 24.0 Å². The molecule has 1 aliphatic heterocycles. The number of hydrogen-bond donors (Lipinski definition) is 2. The molecular formula is C22H29ClN4O4. The van der Waals surface area contributed by atoms with Gasteiger partial charge in [0.05, 0.1) is 11.7 Å². The number of aldehydes is 1. The Hall–Kier alpha value is -2.42. The van der Waals surface area contributed by atoms with E-state index in [0.717, 1.165) is 73.6 Å². The van der Waals surface area contributed by atoms with E-state index >= 15 is 0 Å². The third-order valence-electron chi connectivity index (χ3n) is 5.89. The summed E-state index contributed by atoms with van der Waals surface area (Å²) in [4.78, 5) is 24.9. The molecule has 2 heterocycles. The number of hydrazine groups is 1. The summed E-state index contributed by atoms with van der Waals surface area (Å²) in [7, 11) is 1.57. The van der Waals surface area contributed by atoms with E-state index in [0.29, 0.717) is 5.02 Å². The van der Waals surface area contributed by atoms with Crippen LogP contribution in [-0.2, 0) is 11.2 Å². The lowest BCUT2D eigenvalue weighted by Crippen LogP contribution is -2.52. The molecule has 1 fully saturated rings. The molecule has 31 heavy (non-hydrogen) atoms. The number of carbonyl (C=O) groups is 2. The quantitative estimate of drug-likeness (QED) is 0.422. The van der Waals surface area contributed by atoms with Crippen LogP contribution in [0.2, 0.25) is 5.02 Å². The minimum Gasteiger partial charge on any atom is -0.464 e.